The molecule has 1 aromatic heterocycles. The van der Waals surface area contributed by atoms with Gasteiger partial charge in [-0.2, -0.15) is 0 Å². The molecule has 0 bridgehead atoms. The van der Waals surface area contributed by atoms with Crippen LogP contribution in [0.4, 0.5) is 0 Å². The Morgan fingerprint density at radius 1 is 1.31 bits per heavy atom. The number of aromatic nitrogens is 1. The molecule has 2 aliphatic rings. The van der Waals surface area contributed by atoms with Gasteiger partial charge in [0.25, 0.3) is 0 Å². The standard InChI is InChI=1S/C19H18N2O5/c1-11(22)25-10-15-14(9-26-19(15)24)18(23)21-7-13-6-12-4-2-3-5-16(12)20-17(13)8-21/h2-6,14-15H,7-10H2,1H3. The minimum atomic E-state index is -0.748. The van der Waals surface area contributed by atoms with Gasteiger partial charge in [-0.15, -0.1) is 0 Å². The van der Waals surface area contributed by atoms with E-state index in [-0.39, 0.29) is 19.1 Å². The molecule has 1 aromatic carbocycles. The van der Waals surface area contributed by atoms with E-state index >= 15 is 0 Å². The molecule has 4 rings (SSSR count). The van der Waals surface area contributed by atoms with Gasteiger partial charge in [-0.1, -0.05) is 18.2 Å². The van der Waals surface area contributed by atoms with Crippen LogP contribution in [-0.4, -0.2) is 40.9 Å². The molecule has 0 spiro atoms. The van der Waals surface area contributed by atoms with Crippen molar-refractivity contribution in [1.29, 1.82) is 0 Å². The Kier molecular flexibility index (Phi) is 4.06. The number of cyclic esters (lactones) is 1. The molecule has 0 aliphatic carbocycles. The average Bonchev–Trinajstić information content (AvgIpc) is 3.20. The van der Waals surface area contributed by atoms with Gasteiger partial charge in [-0.3, -0.25) is 19.4 Å². The van der Waals surface area contributed by atoms with E-state index in [1.807, 2.05) is 24.3 Å². The molecule has 1 fully saturated rings. The van der Waals surface area contributed by atoms with Gasteiger partial charge < -0.3 is 14.4 Å². The summed E-state index contributed by atoms with van der Waals surface area (Å²) in [5, 5.41) is 1.03. The molecule has 2 unspecified atom stereocenters. The van der Waals surface area contributed by atoms with Crippen molar-refractivity contribution in [2.24, 2.45) is 11.8 Å². The third-order valence-electron chi connectivity index (χ3n) is 4.88. The fourth-order valence-corrected chi connectivity index (χ4v) is 3.50. The molecule has 7 nitrogen and oxygen atoms in total. The third kappa shape index (κ3) is 2.89. The van der Waals surface area contributed by atoms with Crippen molar-refractivity contribution < 1.29 is 23.9 Å². The van der Waals surface area contributed by atoms with Gasteiger partial charge in [0.2, 0.25) is 5.91 Å². The fraction of sp³-hybridized carbons (Fsp3) is 0.368. The number of ether oxygens (including phenoxy) is 2. The van der Waals surface area contributed by atoms with E-state index in [2.05, 4.69) is 11.1 Å². The van der Waals surface area contributed by atoms with E-state index in [0.717, 1.165) is 22.2 Å². The first-order chi connectivity index (χ1) is 12.5. The van der Waals surface area contributed by atoms with Crippen molar-refractivity contribution in [2.45, 2.75) is 20.0 Å². The van der Waals surface area contributed by atoms with Gasteiger partial charge in [0.05, 0.1) is 23.7 Å². The summed E-state index contributed by atoms with van der Waals surface area (Å²) < 4.78 is 9.97. The second-order valence-corrected chi connectivity index (χ2v) is 6.63. The second-order valence-electron chi connectivity index (χ2n) is 6.63. The molecule has 26 heavy (non-hydrogen) atoms. The molecule has 134 valence electrons. The van der Waals surface area contributed by atoms with Crippen LogP contribution in [0, 0.1) is 11.8 Å². The molecule has 2 aromatic rings. The molecule has 1 saturated heterocycles. The lowest BCUT2D eigenvalue weighted by Gasteiger charge is -2.21. The van der Waals surface area contributed by atoms with E-state index < -0.39 is 23.8 Å². The van der Waals surface area contributed by atoms with Gasteiger partial charge >= 0.3 is 11.9 Å². The minimum Gasteiger partial charge on any atom is -0.465 e. The first-order valence-electron chi connectivity index (χ1n) is 8.49. The van der Waals surface area contributed by atoms with E-state index in [1.54, 1.807) is 4.90 Å². The number of carbonyl (C=O) groups is 3. The summed E-state index contributed by atoms with van der Waals surface area (Å²) in [7, 11) is 0. The number of pyridine rings is 1. The molecule has 0 radical (unpaired) electrons. The third-order valence-corrected chi connectivity index (χ3v) is 4.88. The van der Waals surface area contributed by atoms with Crippen molar-refractivity contribution in [3.05, 3.63) is 41.6 Å². The number of esters is 2. The Morgan fingerprint density at radius 2 is 2.12 bits per heavy atom. The van der Waals surface area contributed by atoms with Crippen LogP contribution in [0.1, 0.15) is 18.2 Å². The lowest BCUT2D eigenvalue weighted by Crippen LogP contribution is -2.37. The van der Waals surface area contributed by atoms with Crippen LogP contribution >= 0.6 is 0 Å². The largest absolute Gasteiger partial charge is 0.465 e. The maximum Gasteiger partial charge on any atom is 0.313 e. The van der Waals surface area contributed by atoms with Gasteiger partial charge in [0.1, 0.15) is 19.1 Å². The van der Waals surface area contributed by atoms with E-state index in [9.17, 15) is 14.4 Å². The van der Waals surface area contributed by atoms with Crippen LogP contribution in [0.15, 0.2) is 30.3 Å². The van der Waals surface area contributed by atoms with Gasteiger partial charge in [-0.05, 0) is 17.7 Å². The predicted octanol–water partition coefficient (Wildman–Crippen LogP) is 1.43. The highest BCUT2D eigenvalue weighted by molar-refractivity contribution is 5.89. The number of hydrogen-bond donors (Lipinski definition) is 0. The van der Waals surface area contributed by atoms with Crippen molar-refractivity contribution in [1.82, 2.24) is 9.88 Å². The fourth-order valence-electron chi connectivity index (χ4n) is 3.50. The maximum atomic E-state index is 12.9. The topological polar surface area (TPSA) is 85.8 Å². The lowest BCUT2D eigenvalue weighted by molar-refractivity contribution is -0.150. The number of para-hydroxylation sites is 1. The normalized spacial score (nSPS) is 21.6. The van der Waals surface area contributed by atoms with Gasteiger partial charge in [0, 0.05) is 18.9 Å². The highest BCUT2D eigenvalue weighted by Gasteiger charge is 2.44. The van der Waals surface area contributed by atoms with Crippen LogP contribution in [0.2, 0.25) is 0 Å². The van der Waals surface area contributed by atoms with Crippen molar-refractivity contribution in [3.63, 3.8) is 0 Å². The van der Waals surface area contributed by atoms with E-state index in [0.29, 0.717) is 13.1 Å². The second kappa shape index (κ2) is 6.40. The van der Waals surface area contributed by atoms with E-state index in [1.165, 1.54) is 6.92 Å². The van der Waals surface area contributed by atoms with E-state index in [4.69, 9.17) is 9.47 Å². The molecule has 2 aliphatic heterocycles. The number of carbonyl (C=O) groups excluding carboxylic acids is 3. The Morgan fingerprint density at radius 3 is 2.92 bits per heavy atom. The quantitative estimate of drug-likeness (QED) is 0.775. The summed E-state index contributed by atoms with van der Waals surface area (Å²) in [6.45, 7) is 2.02. The zero-order valence-electron chi connectivity index (χ0n) is 14.3. The Labute approximate surface area is 149 Å². The maximum absolute atomic E-state index is 12.9. The summed E-state index contributed by atoms with van der Waals surface area (Å²) in [6.07, 6.45) is 0. The van der Waals surface area contributed by atoms with Crippen molar-refractivity contribution >= 4 is 28.7 Å². The van der Waals surface area contributed by atoms with Crippen LogP contribution in [-0.2, 0) is 36.9 Å². The molecular formula is C19H18N2O5. The summed E-state index contributed by atoms with van der Waals surface area (Å²) in [5.41, 5.74) is 2.78. The smallest absolute Gasteiger partial charge is 0.313 e. The summed E-state index contributed by atoms with van der Waals surface area (Å²) in [6, 6.07) is 9.87. The number of rotatable bonds is 3. The summed E-state index contributed by atoms with van der Waals surface area (Å²) >= 11 is 0. The molecule has 2 atom stereocenters. The van der Waals surface area contributed by atoms with Gasteiger partial charge in [0.15, 0.2) is 0 Å². The summed E-state index contributed by atoms with van der Waals surface area (Å²) in [4.78, 5) is 42.2. The first-order valence-corrected chi connectivity index (χ1v) is 8.49. The number of amides is 1. The minimum absolute atomic E-state index is 0.0197. The molecule has 3 heterocycles. The molecular weight excluding hydrogens is 336 g/mol. The Bertz CT molecular complexity index is 865. The highest BCUT2D eigenvalue weighted by Crippen LogP contribution is 2.30. The monoisotopic (exact) mass is 354 g/mol. The van der Waals surface area contributed by atoms with Crippen LogP contribution in [0.25, 0.3) is 10.9 Å². The average molecular weight is 354 g/mol. The highest BCUT2D eigenvalue weighted by atomic mass is 16.6. The predicted molar refractivity (Wildman–Crippen MR) is 90.6 cm³/mol. The number of hydrogen-bond acceptors (Lipinski definition) is 6. The SMILES string of the molecule is CC(=O)OCC1C(=O)OCC1C(=O)N1Cc2cc3ccccc3nc2C1. The first kappa shape index (κ1) is 16.5. The summed E-state index contributed by atoms with van der Waals surface area (Å²) in [5.74, 6) is -2.53. The number of fused-ring (bicyclic) bond motifs is 2. The molecule has 0 N–H and O–H groups in total. The number of benzene rings is 1. The lowest BCUT2D eigenvalue weighted by atomic mass is 9.95. The van der Waals surface area contributed by atoms with Crippen LogP contribution < -0.4 is 0 Å². The van der Waals surface area contributed by atoms with Crippen molar-refractivity contribution in [3.8, 4) is 0 Å². The molecule has 0 saturated carbocycles. The Balaban J connectivity index is 1.52. The van der Waals surface area contributed by atoms with Gasteiger partial charge in [-0.25, -0.2) is 0 Å². The van der Waals surface area contributed by atoms with Crippen LogP contribution in [0.5, 0.6) is 0 Å². The zero-order chi connectivity index (χ0) is 18.3. The van der Waals surface area contributed by atoms with Crippen LogP contribution in [0.3, 0.4) is 0 Å². The molecule has 7 heteroatoms. The Hall–Kier alpha value is -2.96. The zero-order valence-corrected chi connectivity index (χ0v) is 14.3. The number of nitrogens with zero attached hydrogens (tertiary/aromatic N) is 2. The van der Waals surface area contributed by atoms with Crippen molar-refractivity contribution in [2.75, 3.05) is 13.2 Å². The molecule has 1 amide bonds.